The van der Waals surface area contributed by atoms with Crippen LogP contribution in [0.5, 0.6) is 0 Å². The zero-order chi connectivity index (χ0) is 14.8. The fourth-order valence-corrected chi connectivity index (χ4v) is 2.89. The molecule has 0 aromatic heterocycles. The predicted molar refractivity (Wildman–Crippen MR) is 86.4 cm³/mol. The highest BCUT2D eigenvalue weighted by atomic mass is 79.9. The van der Waals surface area contributed by atoms with Gasteiger partial charge in [-0.1, -0.05) is 73.9 Å². The molecule has 0 aliphatic rings. The van der Waals surface area contributed by atoms with Crippen molar-refractivity contribution >= 4 is 15.9 Å². The molecule has 1 unspecified atom stereocenters. The van der Waals surface area contributed by atoms with Crippen LogP contribution in [0.3, 0.4) is 0 Å². The molecule has 0 heterocycles. The van der Waals surface area contributed by atoms with Crippen LogP contribution in [0.4, 0.5) is 4.39 Å². The van der Waals surface area contributed by atoms with E-state index in [0.29, 0.717) is 6.42 Å². The smallest absolute Gasteiger partial charge is 0.124 e. The third-order valence-electron chi connectivity index (χ3n) is 3.61. The maximum absolute atomic E-state index is 13.0. The lowest BCUT2D eigenvalue weighted by molar-refractivity contribution is 0.160. The third kappa shape index (κ3) is 7.39. The normalized spacial score (nSPS) is 12.6. The minimum absolute atomic E-state index is 0.248. The van der Waals surface area contributed by atoms with Crippen LogP contribution >= 0.6 is 15.9 Å². The van der Waals surface area contributed by atoms with Gasteiger partial charge in [0.2, 0.25) is 0 Å². The molecule has 0 saturated carbocycles. The van der Waals surface area contributed by atoms with E-state index in [9.17, 15) is 9.50 Å². The van der Waals surface area contributed by atoms with Crippen molar-refractivity contribution in [2.24, 2.45) is 0 Å². The van der Waals surface area contributed by atoms with E-state index in [2.05, 4.69) is 22.9 Å². The van der Waals surface area contributed by atoms with E-state index in [4.69, 9.17) is 0 Å². The van der Waals surface area contributed by atoms with Crippen molar-refractivity contribution in [1.29, 1.82) is 0 Å². The zero-order valence-corrected chi connectivity index (χ0v) is 14.0. The summed E-state index contributed by atoms with van der Waals surface area (Å²) in [5.41, 5.74) is 0.974. The Hall–Kier alpha value is -0.410. The summed E-state index contributed by atoms with van der Waals surface area (Å²) in [6.45, 7) is 2.23. The van der Waals surface area contributed by atoms with Crippen molar-refractivity contribution in [2.45, 2.75) is 70.8 Å². The van der Waals surface area contributed by atoms with Gasteiger partial charge >= 0.3 is 0 Å². The Balaban J connectivity index is 2.15. The molecule has 0 saturated heterocycles. The van der Waals surface area contributed by atoms with Crippen LogP contribution in [0.1, 0.15) is 63.9 Å². The summed E-state index contributed by atoms with van der Waals surface area (Å²) in [7, 11) is 0. The van der Waals surface area contributed by atoms with E-state index < -0.39 is 0 Å². The maximum atomic E-state index is 13.0. The van der Waals surface area contributed by atoms with E-state index in [0.717, 1.165) is 22.9 Å². The summed E-state index contributed by atoms with van der Waals surface area (Å²) in [6.07, 6.45) is 9.91. The first-order chi connectivity index (χ1) is 9.63. The molecule has 1 nitrogen and oxygen atoms in total. The number of hydrogen-bond donors (Lipinski definition) is 1. The van der Waals surface area contributed by atoms with E-state index in [1.54, 1.807) is 6.07 Å². The molecule has 0 bridgehead atoms. The Morgan fingerprint density at radius 1 is 1.10 bits per heavy atom. The van der Waals surface area contributed by atoms with Crippen LogP contribution in [0.15, 0.2) is 22.7 Å². The SMILES string of the molecule is CCCCCCCCCC(O)Cc1ccc(F)cc1Br. The lowest BCUT2D eigenvalue weighted by Gasteiger charge is -2.12. The van der Waals surface area contributed by atoms with Gasteiger partial charge in [-0.25, -0.2) is 4.39 Å². The van der Waals surface area contributed by atoms with Gasteiger partial charge in [0, 0.05) is 4.47 Å². The molecule has 1 aromatic carbocycles. The average molecular weight is 345 g/mol. The van der Waals surface area contributed by atoms with Crippen LogP contribution in [0, 0.1) is 5.82 Å². The number of aliphatic hydroxyl groups excluding tert-OH is 1. The monoisotopic (exact) mass is 344 g/mol. The second-order valence-corrected chi connectivity index (χ2v) is 6.36. The highest BCUT2D eigenvalue weighted by Gasteiger charge is 2.08. The van der Waals surface area contributed by atoms with Crippen molar-refractivity contribution in [1.82, 2.24) is 0 Å². The van der Waals surface area contributed by atoms with Gasteiger partial charge in [-0.2, -0.15) is 0 Å². The molecular formula is C17H26BrFO. The predicted octanol–water partition coefficient (Wildman–Crippen LogP) is 5.63. The first-order valence-corrected chi connectivity index (χ1v) is 8.54. The molecule has 0 radical (unpaired) electrons. The van der Waals surface area contributed by atoms with Gasteiger partial charge < -0.3 is 5.11 Å². The van der Waals surface area contributed by atoms with E-state index in [1.165, 1.54) is 50.7 Å². The van der Waals surface area contributed by atoms with Gasteiger partial charge in [-0.3, -0.25) is 0 Å². The lowest BCUT2D eigenvalue weighted by Crippen LogP contribution is -2.10. The number of hydrogen-bond acceptors (Lipinski definition) is 1. The van der Waals surface area contributed by atoms with E-state index in [1.807, 2.05) is 0 Å². The minimum Gasteiger partial charge on any atom is -0.393 e. The average Bonchev–Trinajstić information content (AvgIpc) is 2.41. The summed E-state index contributed by atoms with van der Waals surface area (Å²) >= 11 is 3.34. The van der Waals surface area contributed by atoms with Gasteiger partial charge in [0.1, 0.15) is 5.82 Å². The molecule has 3 heteroatoms. The fraction of sp³-hybridized carbons (Fsp3) is 0.647. The molecule has 20 heavy (non-hydrogen) atoms. The fourth-order valence-electron chi connectivity index (χ4n) is 2.38. The summed E-state index contributed by atoms with van der Waals surface area (Å²) in [5.74, 6) is -0.248. The molecule has 114 valence electrons. The van der Waals surface area contributed by atoms with Gasteiger partial charge in [-0.05, 0) is 30.5 Å². The quantitative estimate of drug-likeness (QED) is 0.545. The van der Waals surface area contributed by atoms with Crippen LogP contribution in [-0.2, 0) is 6.42 Å². The highest BCUT2D eigenvalue weighted by Crippen LogP contribution is 2.21. The van der Waals surface area contributed by atoms with E-state index in [-0.39, 0.29) is 11.9 Å². The lowest BCUT2D eigenvalue weighted by atomic mass is 10.0. The van der Waals surface area contributed by atoms with Crippen molar-refractivity contribution in [3.8, 4) is 0 Å². The largest absolute Gasteiger partial charge is 0.393 e. The molecule has 1 rings (SSSR count). The number of aliphatic hydroxyl groups is 1. The molecule has 0 fully saturated rings. The molecule has 0 amide bonds. The Kier molecular flexibility index (Phi) is 9.12. The number of unbranched alkanes of at least 4 members (excludes halogenated alkanes) is 6. The van der Waals surface area contributed by atoms with Crippen LogP contribution in [0.25, 0.3) is 0 Å². The maximum Gasteiger partial charge on any atom is 0.124 e. The number of halogens is 2. The Morgan fingerprint density at radius 2 is 1.75 bits per heavy atom. The van der Waals surface area contributed by atoms with Gasteiger partial charge in [0.25, 0.3) is 0 Å². The summed E-state index contributed by atoms with van der Waals surface area (Å²) in [6, 6.07) is 4.64. The first kappa shape index (κ1) is 17.6. The molecule has 0 aliphatic heterocycles. The Labute approximate surface area is 130 Å². The van der Waals surface area contributed by atoms with Crippen molar-refractivity contribution < 1.29 is 9.50 Å². The molecule has 0 spiro atoms. The topological polar surface area (TPSA) is 20.2 Å². The zero-order valence-electron chi connectivity index (χ0n) is 12.4. The van der Waals surface area contributed by atoms with Gasteiger partial charge in [0.05, 0.1) is 6.10 Å². The number of rotatable bonds is 10. The molecule has 0 aliphatic carbocycles. The second-order valence-electron chi connectivity index (χ2n) is 5.50. The van der Waals surface area contributed by atoms with Crippen molar-refractivity contribution in [3.63, 3.8) is 0 Å². The Morgan fingerprint density at radius 3 is 2.40 bits per heavy atom. The second kappa shape index (κ2) is 10.3. The van der Waals surface area contributed by atoms with Crippen LogP contribution in [0.2, 0.25) is 0 Å². The highest BCUT2D eigenvalue weighted by molar-refractivity contribution is 9.10. The standard InChI is InChI=1S/C17H26BrFO/c1-2-3-4-5-6-7-8-9-16(20)12-14-10-11-15(19)13-17(14)18/h10-11,13,16,20H,2-9,12H2,1H3. The summed E-state index contributed by atoms with van der Waals surface area (Å²) in [5, 5.41) is 10.0. The summed E-state index contributed by atoms with van der Waals surface area (Å²) < 4.78 is 13.7. The van der Waals surface area contributed by atoms with E-state index >= 15 is 0 Å². The Bertz CT molecular complexity index is 381. The molecule has 1 atom stereocenters. The first-order valence-electron chi connectivity index (χ1n) is 7.75. The van der Waals surface area contributed by atoms with Gasteiger partial charge in [-0.15, -0.1) is 0 Å². The van der Waals surface area contributed by atoms with Crippen LogP contribution < -0.4 is 0 Å². The summed E-state index contributed by atoms with van der Waals surface area (Å²) in [4.78, 5) is 0. The third-order valence-corrected chi connectivity index (χ3v) is 4.35. The number of benzene rings is 1. The molecule has 1 aromatic rings. The minimum atomic E-state index is -0.326. The van der Waals surface area contributed by atoms with Crippen molar-refractivity contribution in [2.75, 3.05) is 0 Å². The van der Waals surface area contributed by atoms with Gasteiger partial charge in [0.15, 0.2) is 0 Å². The molecule has 1 N–H and O–H groups in total. The molecular weight excluding hydrogens is 319 g/mol. The van der Waals surface area contributed by atoms with Crippen LogP contribution in [-0.4, -0.2) is 11.2 Å². The van der Waals surface area contributed by atoms with Crippen molar-refractivity contribution in [3.05, 3.63) is 34.1 Å².